The van der Waals surface area contributed by atoms with Crippen LogP contribution in [0.15, 0.2) is 0 Å². The highest BCUT2D eigenvalue weighted by molar-refractivity contribution is 5.76. The van der Waals surface area contributed by atoms with Gasteiger partial charge in [0.2, 0.25) is 5.91 Å². The van der Waals surface area contributed by atoms with E-state index < -0.39 is 0 Å². The molecule has 1 amide bonds. The van der Waals surface area contributed by atoms with Crippen molar-refractivity contribution >= 4 is 5.91 Å². The Hall–Kier alpha value is -0.610. The van der Waals surface area contributed by atoms with Crippen LogP contribution in [0.1, 0.15) is 52.4 Å². The fourth-order valence-electron chi connectivity index (χ4n) is 3.41. The maximum absolute atomic E-state index is 12.2. The molecule has 4 nitrogen and oxygen atoms in total. The molecule has 20 heavy (non-hydrogen) atoms. The topological polar surface area (TPSA) is 58.4 Å². The quantitative estimate of drug-likeness (QED) is 0.751. The summed E-state index contributed by atoms with van der Waals surface area (Å²) in [7, 11) is 4.13. The Kier molecular flexibility index (Phi) is 6.46. The molecule has 0 radical (unpaired) electrons. The summed E-state index contributed by atoms with van der Waals surface area (Å²) in [6, 6.07) is 0. The third kappa shape index (κ3) is 5.80. The van der Waals surface area contributed by atoms with Crippen molar-refractivity contribution in [1.82, 2.24) is 10.2 Å². The van der Waals surface area contributed by atoms with Crippen molar-refractivity contribution in [2.45, 2.75) is 52.4 Å². The maximum atomic E-state index is 12.2. The van der Waals surface area contributed by atoms with Gasteiger partial charge in [0.15, 0.2) is 0 Å². The lowest BCUT2D eigenvalue weighted by atomic mass is 9.71. The third-order valence-electron chi connectivity index (χ3n) is 4.39. The number of hydrogen-bond donors (Lipinski definition) is 2. The molecule has 1 aliphatic rings. The molecule has 0 spiro atoms. The second-order valence-corrected chi connectivity index (χ2v) is 7.62. The minimum Gasteiger partial charge on any atom is -0.356 e. The van der Waals surface area contributed by atoms with Crippen LogP contribution >= 0.6 is 0 Å². The number of nitrogens with two attached hydrogens (primary N) is 1. The molecule has 1 saturated carbocycles. The molecule has 0 bridgehead atoms. The van der Waals surface area contributed by atoms with Gasteiger partial charge in [0.05, 0.1) is 0 Å². The molecule has 3 N–H and O–H groups in total. The predicted octanol–water partition coefficient (Wildman–Crippen LogP) is 1.99. The lowest BCUT2D eigenvalue weighted by Gasteiger charge is -2.36. The maximum Gasteiger partial charge on any atom is 0.220 e. The van der Waals surface area contributed by atoms with Crippen LogP contribution in [0.3, 0.4) is 0 Å². The van der Waals surface area contributed by atoms with Crippen LogP contribution in [0, 0.1) is 10.8 Å². The summed E-state index contributed by atoms with van der Waals surface area (Å²) in [4.78, 5) is 14.4. The van der Waals surface area contributed by atoms with Gasteiger partial charge in [-0.05, 0) is 44.3 Å². The molecule has 0 aromatic heterocycles. The number of amides is 1. The summed E-state index contributed by atoms with van der Waals surface area (Å²) in [6.45, 7) is 6.71. The molecule has 1 rings (SSSR count). The van der Waals surface area contributed by atoms with Gasteiger partial charge in [-0.3, -0.25) is 4.79 Å². The van der Waals surface area contributed by atoms with E-state index in [0.717, 1.165) is 25.9 Å². The number of rotatable bonds is 7. The van der Waals surface area contributed by atoms with E-state index in [1.54, 1.807) is 0 Å². The predicted molar refractivity (Wildman–Crippen MR) is 84.5 cm³/mol. The molecule has 0 unspecified atom stereocenters. The zero-order chi connectivity index (χ0) is 15.2. The minimum absolute atomic E-state index is 0.0635. The molecule has 0 heterocycles. The first-order valence-electron chi connectivity index (χ1n) is 7.90. The summed E-state index contributed by atoms with van der Waals surface area (Å²) >= 11 is 0. The molecule has 0 saturated heterocycles. The molecule has 0 aliphatic heterocycles. The smallest absolute Gasteiger partial charge is 0.220 e. The molecule has 0 atom stereocenters. The average molecular weight is 283 g/mol. The normalized spacial score (nSPS) is 19.1. The summed E-state index contributed by atoms with van der Waals surface area (Å²) in [5, 5.41) is 3.11. The van der Waals surface area contributed by atoms with Crippen LogP contribution in [-0.4, -0.2) is 44.5 Å². The number of carbonyl (C=O) groups is 1. The van der Waals surface area contributed by atoms with Crippen molar-refractivity contribution in [1.29, 1.82) is 0 Å². The van der Waals surface area contributed by atoms with E-state index in [4.69, 9.17) is 5.73 Å². The van der Waals surface area contributed by atoms with Crippen LogP contribution in [0.5, 0.6) is 0 Å². The van der Waals surface area contributed by atoms with Crippen LogP contribution in [0.4, 0.5) is 0 Å². The molecular formula is C16H33N3O. The van der Waals surface area contributed by atoms with E-state index in [2.05, 4.69) is 38.2 Å². The zero-order valence-corrected chi connectivity index (χ0v) is 13.8. The van der Waals surface area contributed by atoms with E-state index in [1.807, 2.05) is 0 Å². The number of nitrogens with one attached hydrogen (secondary N) is 1. The first kappa shape index (κ1) is 17.4. The summed E-state index contributed by atoms with van der Waals surface area (Å²) in [5.74, 6) is 0.171. The Bertz CT molecular complexity index is 307. The number of nitrogens with zero attached hydrogens (tertiary/aromatic N) is 1. The summed E-state index contributed by atoms with van der Waals surface area (Å²) in [6.07, 6.45) is 6.55. The minimum atomic E-state index is 0.0635. The Morgan fingerprint density at radius 1 is 1.25 bits per heavy atom. The van der Waals surface area contributed by atoms with Gasteiger partial charge in [-0.25, -0.2) is 0 Å². The highest BCUT2D eigenvalue weighted by Gasteiger charge is 2.33. The van der Waals surface area contributed by atoms with Gasteiger partial charge in [-0.15, -0.1) is 0 Å². The average Bonchev–Trinajstić information content (AvgIpc) is 2.36. The van der Waals surface area contributed by atoms with Gasteiger partial charge in [-0.1, -0.05) is 33.1 Å². The first-order chi connectivity index (χ1) is 9.29. The van der Waals surface area contributed by atoms with E-state index in [0.29, 0.717) is 13.0 Å². The van der Waals surface area contributed by atoms with Gasteiger partial charge in [0.25, 0.3) is 0 Å². The standard InChI is InChI=1S/C16H33N3O/c1-15(2,13-19(3)4)12-18-14(20)10-16(11-17)8-6-5-7-9-16/h5-13,17H2,1-4H3,(H,18,20). The summed E-state index contributed by atoms with van der Waals surface area (Å²) in [5.41, 5.74) is 6.11. The van der Waals surface area contributed by atoms with Crippen molar-refractivity contribution in [2.75, 3.05) is 33.7 Å². The van der Waals surface area contributed by atoms with Crippen molar-refractivity contribution in [3.63, 3.8) is 0 Å². The van der Waals surface area contributed by atoms with Crippen molar-refractivity contribution in [3.8, 4) is 0 Å². The molecular weight excluding hydrogens is 250 g/mol. The van der Waals surface area contributed by atoms with E-state index in [9.17, 15) is 4.79 Å². The van der Waals surface area contributed by atoms with Crippen molar-refractivity contribution in [2.24, 2.45) is 16.6 Å². The van der Waals surface area contributed by atoms with Crippen molar-refractivity contribution in [3.05, 3.63) is 0 Å². The highest BCUT2D eigenvalue weighted by atomic mass is 16.1. The van der Waals surface area contributed by atoms with Gasteiger partial charge < -0.3 is 16.0 Å². The lowest BCUT2D eigenvalue weighted by Crippen LogP contribution is -2.43. The largest absolute Gasteiger partial charge is 0.356 e. The molecule has 1 aliphatic carbocycles. The zero-order valence-electron chi connectivity index (χ0n) is 13.8. The Morgan fingerprint density at radius 2 is 1.85 bits per heavy atom. The Morgan fingerprint density at radius 3 is 2.35 bits per heavy atom. The molecule has 0 aromatic carbocycles. The summed E-state index contributed by atoms with van der Waals surface area (Å²) < 4.78 is 0. The van der Waals surface area contributed by atoms with E-state index >= 15 is 0 Å². The van der Waals surface area contributed by atoms with E-state index in [-0.39, 0.29) is 16.7 Å². The van der Waals surface area contributed by atoms with Crippen molar-refractivity contribution < 1.29 is 4.79 Å². The van der Waals surface area contributed by atoms with Crippen LogP contribution in [0.2, 0.25) is 0 Å². The van der Waals surface area contributed by atoms with Crippen LogP contribution < -0.4 is 11.1 Å². The fourth-order valence-corrected chi connectivity index (χ4v) is 3.41. The van der Waals surface area contributed by atoms with E-state index in [1.165, 1.54) is 19.3 Å². The molecule has 1 fully saturated rings. The highest BCUT2D eigenvalue weighted by Crippen LogP contribution is 2.38. The third-order valence-corrected chi connectivity index (χ3v) is 4.39. The van der Waals surface area contributed by atoms with Gasteiger partial charge in [0, 0.05) is 19.5 Å². The first-order valence-corrected chi connectivity index (χ1v) is 7.90. The van der Waals surface area contributed by atoms with Gasteiger partial charge >= 0.3 is 0 Å². The van der Waals surface area contributed by atoms with Crippen LogP contribution in [0.25, 0.3) is 0 Å². The molecule has 118 valence electrons. The van der Waals surface area contributed by atoms with Crippen LogP contribution in [-0.2, 0) is 4.79 Å². The van der Waals surface area contributed by atoms with Gasteiger partial charge in [0.1, 0.15) is 0 Å². The molecule has 0 aromatic rings. The lowest BCUT2D eigenvalue weighted by molar-refractivity contribution is -0.124. The Labute approximate surface area is 124 Å². The number of carbonyl (C=O) groups excluding carboxylic acids is 1. The SMILES string of the molecule is CN(C)CC(C)(C)CNC(=O)CC1(CN)CCCCC1. The molecule has 4 heteroatoms. The number of hydrogen-bond acceptors (Lipinski definition) is 3. The Balaban J connectivity index is 2.42. The second kappa shape index (κ2) is 7.41. The van der Waals surface area contributed by atoms with Gasteiger partial charge in [-0.2, -0.15) is 0 Å². The monoisotopic (exact) mass is 283 g/mol. The second-order valence-electron chi connectivity index (χ2n) is 7.62. The fraction of sp³-hybridized carbons (Fsp3) is 0.938.